The minimum Gasteiger partial charge on any atom is -0.382 e. The van der Waals surface area contributed by atoms with Crippen molar-refractivity contribution in [2.75, 3.05) is 26.4 Å². The predicted octanol–water partition coefficient (Wildman–Crippen LogP) is 3.49. The van der Waals surface area contributed by atoms with Crippen molar-refractivity contribution in [2.45, 2.75) is 25.8 Å². The fraction of sp³-hybridized carbons (Fsp3) is 0.381. The third-order valence-corrected chi connectivity index (χ3v) is 7.97. The zero-order valence-corrected chi connectivity index (χ0v) is 16.4. The number of ether oxygens (including phenoxy) is 1. The van der Waals surface area contributed by atoms with Crippen LogP contribution in [0.1, 0.15) is 19.8 Å². The molecule has 1 heterocycles. The molecule has 0 amide bonds. The van der Waals surface area contributed by atoms with Crippen LogP contribution in [0.3, 0.4) is 0 Å². The summed E-state index contributed by atoms with van der Waals surface area (Å²) in [5.74, 6) is 0. The molecule has 5 heteroatoms. The van der Waals surface area contributed by atoms with Gasteiger partial charge in [0, 0.05) is 36.1 Å². The van der Waals surface area contributed by atoms with Crippen molar-refractivity contribution >= 4 is 23.5 Å². The second kappa shape index (κ2) is 8.66. The minimum atomic E-state index is -2.76. The number of hydrazone groups is 1. The van der Waals surface area contributed by atoms with Crippen LogP contribution in [0.25, 0.3) is 0 Å². The second-order valence-electron chi connectivity index (χ2n) is 6.82. The zero-order valence-electron chi connectivity index (χ0n) is 15.5. The first kappa shape index (κ1) is 18.9. The van der Waals surface area contributed by atoms with Crippen molar-refractivity contribution in [1.82, 2.24) is 5.01 Å². The highest BCUT2D eigenvalue weighted by atomic mass is 31.2. The Labute approximate surface area is 156 Å². The molecule has 0 N–H and O–H groups in total. The molecule has 1 fully saturated rings. The average molecular weight is 370 g/mol. The molecule has 4 nitrogen and oxygen atoms in total. The SMILES string of the molecule is COCC1CCCN1/N=C(\C)CP(=O)(c1ccccc1)c1ccccc1. The molecule has 2 aromatic carbocycles. The molecule has 1 aliphatic heterocycles. The molecule has 2 aromatic rings. The largest absolute Gasteiger partial charge is 0.382 e. The monoisotopic (exact) mass is 370 g/mol. The lowest BCUT2D eigenvalue weighted by Gasteiger charge is -2.24. The Morgan fingerprint density at radius 2 is 1.69 bits per heavy atom. The first-order chi connectivity index (χ1) is 12.6. The molecule has 0 spiro atoms. The van der Waals surface area contributed by atoms with Gasteiger partial charge in [0.25, 0.3) is 0 Å². The Morgan fingerprint density at radius 3 is 2.23 bits per heavy atom. The first-order valence-electron chi connectivity index (χ1n) is 9.13. The van der Waals surface area contributed by atoms with Gasteiger partial charge in [0.05, 0.1) is 12.6 Å². The fourth-order valence-corrected chi connectivity index (χ4v) is 6.23. The molecule has 0 bridgehead atoms. The molecule has 1 atom stereocenters. The summed E-state index contributed by atoms with van der Waals surface area (Å²) in [6.07, 6.45) is 2.68. The predicted molar refractivity (Wildman–Crippen MR) is 109 cm³/mol. The van der Waals surface area contributed by atoms with Crippen LogP contribution in [-0.4, -0.2) is 43.2 Å². The molecular weight excluding hydrogens is 343 g/mol. The summed E-state index contributed by atoms with van der Waals surface area (Å²) in [5.41, 5.74) is 0.907. The summed E-state index contributed by atoms with van der Waals surface area (Å²) in [5, 5.41) is 8.69. The average Bonchev–Trinajstić information content (AvgIpc) is 3.10. The molecule has 26 heavy (non-hydrogen) atoms. The van der Waals surface area contributed by atoms with E-state index in [0.717, 1.165) is 35.7 Å². The lowest BCUT2D eigenvalue weighted by Crippen LogP contribution is -2.30. The minimum absolute atomic E-state index is 0.322. The Bertz CT molecular complexity index is 734. The normalized spacial score (nSPS) is 18.3. The fourth-order valence-electron chi connectivity index (χ4n) is 3.56. The number of rotatable bonds is 7. The molecule has 1 saturated heterocycles. The highest BCUT2D eigenvalue weighted by Gasteiger charge is 2.29. The Morgan fingerprint density at radius 1 is 1.12 bits per heavy atom. The van der Waals surface area contributed by atoms with E-state index < -0.39 is 7.14 Å². The van der Waals surface area contributed by atoms with Crippen LogP contribution in [0.4, 0.5) is 0 Å². The number of hydrogen-bond acceptors (Lipinski definition) is 4. The molecule has 1 unspecified atom stereocenters. The summed E-state index contributed by atoms with van der Waals surface area (Å²) in [7, 11) is -1.03. The summed E-state index contributed by atoms with van der Waals surface area (Å²) in [6, 6.07) is 19.9. The third-order valence-electron chi connectivity index (χ3n) is 4.80. The van der Waals surface area contributed by atoms with E-state index in [1.165, 1.54) is 0 Å². The maximum absolute atomic E-state index is 14.1. The molecule has 0 radical (unpaired) electrons. The maximum Gasteiger partial charge on any atom is 0.148 e. The van der Waals surface area contributed by atoms with E-state index in [9.17, 15) is 4.57 Å². The topological polar surface area (TPSA) is 41.9 Å². The molecular formula is C21H27N2O2P. The van der Waals surface area contributed by atoms with E-state index in [2.05, 4.69) is 5.01 Å². The number of methoxy groups -OCH3 is 1. The van der Waals surface area contributed by atoms with Crippen molar-refractivity contribution in [2.24, 2.45) is 5.10 Å². The number of benzene rings is 2. The lowest BCUT2D eigenvalue weighted by atomic mass is 10.2. The summed E-state index contributed by atoms with van der Waals surface area (Å²) >= 11 is 0. The van der Waals surface area contributed by atoms with Gasteiger partial charge in [-0.2, -0.15) is 5.10 Å². The Balaban J connectivity index is 1.89. The number of hydrogen-bond donors (Lipinski definition) is 0. The van der Waals surface area contributed by atoms with E-state index in [1.54, 1.807) is 7.11 Å². The van der Waals surface area contributed by atoms with Crippen molar-refractivity contribution in [3.63, 3.8) is 0 Å². The number of nitrogens with zero attached hydrogens (tertiary/aromatic N) is 2. The quantitative estimate of drug-likeness (QED) is 0.553. The van der Waals surface area contributed by atoms with Gasteiger partial charge in [-0.15, -0.1) is 0 Å². The van der Waals surface area contributed by atoms with Gasteiger partial charge in [-0.05, 0) is 19.8 Å². The summed E-state index contributed by atoms with van der Waals surface area (Å²) < 4.78 is 19.4. The Kier molecular flexibility index (Phi) is 6.29. The molecule has 0 aliphatic carbocycles. The molecule has 3 rings (SSSR count). The van der Waals surface area contributed by atoms with Gasteiger partial charge in [0.1, 0.15) is 7.14 Å². The van der Waals surface area contributed by atoms with Gasteiger partial charge in [-0.25, -0.2) is 0 Å². The van der Waals surface area contributed by atoms with Crippen LogP contribution >= 0.6 is 7.14 Å². The molecule has 138 valence electrons. The van der Waals surface area contributed by atoms with E-state index in [4.69, 9.17) is 9.84 Å². The van der Waals surface area contributed by atoms with Crippen LogP contribution in [0.5, 0.6) is 0 Å². The van der Waals surface area contributed by atoms with Gasteiger partial charge >= 0.3 is 0 Å². The molecule has 0 aromatic heterocycles. The Hall–Kier alpha value is -1.90. The smallest absolute Gasteiger partial charge is 0.148 e. The van der Waals surface area contributed by atoms with Crippen molar-refractivity contribution in [1.29, 1.82) is 0 Å². The van der Waals surface area contributed by atoms with Crippen molar-refractivity contribution < 1.29 is 9.30 Å². The van der Waals surface area contributed by atoms with Gasteiger partial charge in [-0.1, -0.05) is 60.7 Å². The van der Waals surface area contributed by atoms with Crippen LogP contribution < -0.4 is 10.6 Å². The van der Waals surface area contributed by atoms with Crippen LogP contribution in [0, 0.1) is 0 Å². The zero-order chi connectivity index (χ0) is 18.4. The van der Waals surface area contributed by atoms with E-state index in [0.29, 0.717) is 18.8 Å². The maximum atomic E-state index is 14.1. The van der Waals surface area contributed by atoms with Crippen molar-refractivity contribution in [3.05, 3.63) is 60.7 Å². The first-order valence-corrected chi connectivity index (χ1v) is 11.0. The van der Waals surface area contributed by atoms with Crippen LogP contribution in [-0.2, 0) is 9.30 Å². The van der Waals surface area contributed by atoms with Crippen LogP contribution in [0.2, 0.25) is 0 Å². The van der Waals surface area contributed by atoms with Gasteiger partial charge < -0.3 is 9.30 Å². The second-order valence-corrected chi connectivity index (χ2v) is 9.65. The standard InChI is InChI=1S/C21H27N2O2P/c1-18(22-23-15-9-10-19(23)16-25-2)17-26(24,20-11-5-3-6-12-20)21-13-7-4-8-14-21/h3-8,11-14,19H,9-10,15-17H2,1-2H3/b22-18+. The summed E-state index contributed by atoms with van der Waals surface area (Å²) in [4.78, 5) is 0. The van der Waals surface area contributed by atoms with Crippen LogP contribution in [0.15, 0.2) is 65.8 Å². The molecule has 1 aliphatic rings. The third kappa shape index (κ3) is 4.25. The van der Waals surface area contributed by atoms with Gasteiger partial charge in [-0.3, -0.25) is 5.01 Å². The van der Waals surface area contributed by atoms with E-state index in [-0.39, 0.29) is 0 Å². The molecule has 0 saturated carbocycles. The van der Waals surface area contributed by atoms with E-state index in [1.807, 2.05) is 67.6 Å². The van der Waals surface area contributed by atoms with Crippen molar-refractivity contribution in [3.8, 4) is 0 Å². The van der Waals surface area contributed by atoms with E-state index >= 15 is 0 Å². The highest BCUT2D eigenvalue weighted by molar-refractivity contribution is 7.79. The lowest BCUT2D eigenvalue weighted by molar-refractivity contribution is 0.118. The van der Waals surface area contributed by atoms with Gasteiger partial charge in [0.15, 0.2) is 0 Å². The summed E-state index contributed by atoms with van der Waals surface area (Å²) in [6.45, 7) is 3.61. The van der Waals surface area contributed by atoms with Gasteiger partial charge in [0.2, 0.25) is 0 Å². The highest BCUT2D eigenvalue weighted by Crippen LogP contribution is 2.43.